The van der Waals surface area contributed by atoms with Gasteiger partial charge in [-0.05, 0) is 55.6 Å². The highest BCUT2D eigenvalue weighted by molar-refractivity contribution is 5.94. The van der Waals surface area contributed by atoms with Gasteiger partial charge in [-0.3, -0.25) is 9.59 Å². The van der Waals surface area contributed by atoms with Crippen LogP contribution in [0.3, 0.4) is 0 Å². The fourth-order valence-electron chi connectivity index (χ4n) is 3.74. The lowest BCUT2D eigenvalue weighted by Crippen LogP contribution is -2.29. The monoisotopic (exact) mass is 438 g/mol. The van der Waals surface area contributed by atoms with Crippen LogP contribution in [-0.2, 0) is 31.9 Å². The number of rotatable bonds is 15. The van der Waals surface area contributed by atoms with Crippen molar-refractivity contribution in [3.05, 3.63) is 71.8 Å². The van der Waals surface area contributed by atoms with E-state index in [0.29, 0.717) is 25.6 Å². The fourth-order valence-corrected chi connectivity index (χ4v) is 3.74. The molecule has 0 atom stereocenters. The van der Waals surface area contributed by atoms with E-state index in [1.54, 1.807) is 0 Å². The lowest BCUT2D eigenvalue weighted by atomic mass is 9.86. The molecule has 2 aromatic rings. The first kappa shape index (κ1) is 25.6. The van der Waals surface area contributed by atoms with E-state index in [1.807, 2.05) is 50.2 Å². The van der Waals surface area contributed by atoms with Gasteiger partial charge in [-0.2, -0.15) is 0 Å². The molecule has 0 saturated heterocycles. The number of carbonyl (C=O) groups excluding carboxylic acids is 2. The Balaban J connectivity index is 2.07. The second-order valence-electron chi connectivity index (χ2n) is 8.42. The quantitative estimate of drug-likeness (QED) is 0.189. The van der Waals surface area contributed by atoms with Gasteiger partial charge in [0.2, 0.25) is 0 Å². The zero-order valence-corrected chi connectivity index (χ0v) is 19.6. The summed E-state index contributed by atoms with van der Waals surface area (Å²) >= 11 is 0. The topological polar surface area (TPSA) is 52.6 Å². The number of hydrogen-bond donors (Lipinski definition) is 0. The highest BCUT2D eigenvalue weighted by Gasteiger charge is 2.30. The molecule has 4 heteroatoms. The highest BCUT2D eigenvalue weighted by Crippen LogP contribution is 2.23. The van der Waals surface area contributed by atoms with Gasteiger partial charge in [0.05, 0.1) is 13.2 Å². The molecule has 0 aliphatic rings. The van der Waals surface area contributed by atoms with E-state index >= 15 is 0 Å². The number of unbranched alkanes of at least 4 members (excludes halogenated alkanes) is 2. The molecule has 0 bridgehead atoms. The van der Waals surface area contributed by atoms with Crippen LogP contribution < -0.4 is 0 Å². The molecular weight excluding hydrogens is 400 g/mol. The SMILES string of the molecule is CCCCOC(=O)C(CCC(Cc1ccccc1)Cc1ccccc1)C(=O)OCCCC. The Morgan fingerprint density at radius 1 is 0.688 bits per heavy atom. The van der Waals surface area contributed by atoms with Crippen LogP contribution in [0.2, 0.25) is 0 Å². The molecule has 0 unspecified atom stereocenters. The summed E-state index contributed by atoms with van der Waals surface area (Å²) in [7, 11) is 0. The van der Waals surface area contributed by atoms with Crippen LogP contribution in [0.4, 0.5) is 0 Å². The van der Waals surface area contributed by atoms with Gasteiger partial charge in [0.25, 0.3) is 0 Å². The summed E-state index contributed by atoms with van der Waals surface area (Å²) in [5.74, 6) is -1.43. The Bertz CT molecular complexity index is 709. The van der Waals surface area contributed by atoms with Crippen LogP contribution >= 0.6 is 0 Å². The van der Waals surface area contributed by atoms with E-state index in [-0.39, 0.29) is 0 Å². The van der Waals surface area contributed by atoms with Gasteiger partial charge in [0, 0.05) is 0 Å². The third kappa shape index (κ3) is 9.67. The summed E-state index contributed by atoms with van der Waals surface area (Å²) in [6.07, 6.45) is 6.48. The van der Waals surface area contributed by atoms with Crippen molar-refractivity contribution in [3.63, 3.8) is 0 Å². The first-order chi connectivity index (χ1) is 15.6. The Labute approximate surface area is 193 Å². The van der Waals surface area contributed by atoms with E-state index < -0.39 is 17.9 Å². The molecule has 0 heterocycles. The average Bonchev–Trinajstić information content (AvgIpc) is 2.81. The number of esters is 2. The van der Waals surface area contributed by atoms with Gasteiger partial charge in [0.15, 0.2) is 5.92 Å². The molecule has 32 heavy (non-hydrogen) atoms. The van der Waals surface area contributed by atoms with Crippen molar-refractivity contribution in [3.8, 4) is 0 Å². The Morgan fingerprint density at radius 2 is 1.12 bits per heavy atom. The highest BCUT2D eigenvalue weighted by atomic mass is 16.6. The van der Waals surface area contributed by atoms with Crippen molar-refractivity contribution < 1.29 is 19.1 Å². The van der Waals surface area contributed by atoms with E-state index in [4.69, 9.17) is 9.47 Å². The van der Waals surface area contributed by atoms with E-state index in [1.165, 1.54) is 11.1 Å². The van der Waals surface area contributed by atoms with Gasteiger partial charge in [0.1, 0.15) is 0 Å². The molecule has 0 aromatic heterocycles. The molecule has 0 saturated carbocycles. The molecule has 0 radical (unpaired) electrons. The van der Waals surface area contributed by atoms with Gasteiger partial charge < -0.3 is 9.47 Å². The molecule has 2 rings (SSSR count). The summed E-state index contributed by atoms with van der Waals surface area (Å²) in [6, 6.07) is 20.8. The average molecular weight is 439 g/mol. The molecule has 4 nitrogen and oxygen atoms in total. The number of hydrogen-bond acceptors (Lipinski definition) is 4. The minimum absolute atomic E-state index is 0.314. The fraction of sp³-hybridized carbons (Fsp3) is 0.500. The van der Waals surface area contributed by atoms with Crippen molar-refractivity contribution in [2.75, 3.05) is 13.2 Å². The normalized spacial score (nSPS) is 11.0. The Hall–Kier alpha value is -2.62. The van der Waals surface area contributed by atoms with Crippen molar-refractivity contribution in [1.29, 1.82) is 0 Å². The van der Waals surface area contributed by atoms with Crippen molar-refractivity contribution in [1.82, 2.24) is 0 Å². The molecule has 0 fully saturated rings. The minimum atomic E-state index is -0.849. The van der Waals surface area contributed by atoms with Crippen LogP contribution in [0.1, 0.15) is 63.5 Å². The molecule has 0 N–H and O–H groups in total. The molecule has 174 valence electrons. The standard InChI is InChI=1S/C28H38O4/c1-3-5-19-31-27(29)26(28(30)32-20-6-4-2)18-17-25(21-23-13-9-7-10-14-23)22-24-15-11-8-12-16-24/h7-16,25-26H,3-6,17-22H2,1-2H3. The third-order valence-corrected chi connectivity index (χ3v) is 5.65. The molecule has 2 aromatic carbocycles. The van der Waals surface area contributed by atoms with Crippen LogP contribution in [0, 0.1) is 11.8 Å². The van der Waals surface area contributed by atoms with Crippen LogP contribution in [0.5, 0.6) is 0 Å². The summed E-state index contributed by atoms with van der Waals surface area (Å²) in [5.41, 5.74) is 2.53. The molecule has 0 aliphatic heterocycles. The van der Waals surface area contributed by atoms with E-state index in [0.717, 1.165) is 44.9 Å². The van der Waals surface area contributed by atoms with Crippen molar-refractivity contribution >= 4 is 11.9 Å². The predicted octanol–water partition coefficient (Wildman–Crippen LogP) is 6.17. The van der Waals surface area contributed by atoms with Gasteiger partial charge in [-0.15, -0.1) is 0 Å². The van der Waals surface area contributed by atoms with Crippen LogP contribution in [0.25, 0.3) is 0 Å². The maximum atomic E-state index is 12.7. The van der Waals surface area contributed by atoms with E-state index in [2.05, 4.69) is 24.3 Å². The zero-order chi connectivity index (χ0) is 23.0. The zero-order valence-electron chi connectivity index (χ0n) is 19.6. The second kappa shape index (κ2) is 15.2. The third-order valence-electron chi connectivity index (χ3n) is 5.65. The maximum Gasteiger partial charge on any atom is 0.320 e. The summed E-state index contributed by atoms with van der Waals surface area (Å²) in [4.78, 5) is 25.4. The predicted molar refractivity (Wildman–Crippen MR) is 128 cm³/mol. The molecule has 0 spiro atoms. The molecular formula is C28H38O4. The first-order valence-corrected chi connectivity index (χ1v) is 12.0. The number of ether oxygens (including phenoxy) is 2. The van der Waals surface area contributed by atoms with Crippen molar-refractivity contribution in [2.45, 2.75) is 65.2 Å². The summed E-state index contributed by atoms with van der Waals surface area (Å²) < 4.78 is 10.8. The van der Waals surface area contributed by atoms with Gasteiger partial charge in [-0.1, -0.05) is 87.4 Å². The molecule has 0 amide bonds. The number of benzene rings is 2. The largest absolute Gasteiger partial charge is 0.465 e. The molecule has 0 aliphatic carbocycles. The summed E-state index contributed by atoms with van der Waals surface area (Å²) in [6.45, 7) is 4.79. The lowest BCUT2D eigenvalue weighted by Gasteiger charge is -2.21. The van der Waals surface area contributed by atoms with Crippen LogP contribution in [0.15, 0.2) is 60.7 Å². The second-order valence-corrected chi connectivity index (χ2v) is 8.42. The Morgan fingerprint density at radius 3 is 1.53 bits per heavy atom. The number of carbonyl (C=O) groups is 2. The van der Waals surface area contributed by atoms with Gasteiger partial charge >= 0.3 is 11.9 Å². The smallest absolute Gasteiger partial charge is 0.320 e. The minimum Gasteiger partial charge on any atom is -0.465 e. The maximum absolute atomic E-state index is 12.7. The van der Waals surface area contributed by atoms with Crippen LogP contribution in [-0.4, -0.2) is 25.2 Å². The summed E-state index contributed by atoms with van der Waals surface area (Å²) in [5, 5.41) is 0. The first-order valence-electron chi connectivity index (χ1n) is 12.0. The Kier molecular flexibility index (Phi) is 12.2. The van der Waals surface area contributed by atoms with E-state index in [9.17, 15) is 9.59 Å². The van der Waals surface area contributed by atoms with Gasteiger partial charge in [-0.25, -0.2) is 0 Å². The van der Waals surface area contributed by atoms with Crippen molar-refractivity contribution in [2.24, 2.45) is 11.8 Å². The lowest BCUT2D eigenvalue weighted by molar-refractivity contribution is -0.162.